The largest absolute Gasteiger partial charge is 0.478 e. The highest BCUT2D eigenvalue weighted by atomic mass is 16.4. The van der Waals surface area contributed by atoms with E-state index in [9.17, 15) is 14.4 Å². The van der Waals surface area contributed by atoms with Gasteiger partial charge in [-0.3, -0.25) is 9.59 Å². The Bertz CT molecular complexity index is 751. The summed E-state index contributed by atoms with van der Waals surface area (Å²) in [7, 11) is 0. The summed E-state index contributed by atoms with van der Waals surface area (Å²) in [5.41, 5.74) is 1.64. The van der Waals surface area contributed by atoms with Crippen molar-refractivity contribution in [2.45, 2.75) is 13.3 Å². The molecule has 0 radical (unpaired) electrons. The van der Waals surface area contributed by atoms with Crippen molar-refractivity contribution < 1.29 is 19.5 Å². The Morgan fingerprint density at radius 2 is 1.95 bits per heavy atom. The molecule has 2 fully saturated rings. The number of hydrogen-bond acceptors (Lipinski definition) is 3. The van der Waals surface area contributed by atoms with E-state index in [4.69, 9.17) is 5.11 Å². The van der Waals surface area contributed by atoms with Gasteiger partial charge in [0.15, 0.2) is 0 Å². The van der Waals surface area contributed by atoms with E-state index >= 15 is 0 Å². The van der Waals surface area contributed by atoms with Crippen LogP contribution in [0.3, 0.4) is 0 Å². The molecule has 0 aromatic heterocycles. The number of nitrogens with zero attached hydrogens (tertiary/aromatic N) is 1. The van der Waals surface area contributed by atoms with E-state index in [1.165, 1.54) is 22.6 Å². The van der Waals surface area contributed by atoms with E-state index in [1.54, 1.807) is 12.1 Å². The molecule has 112 valence electrons. The minimum Gasteiger partial charge on any atom is -0.478 e. The van der Waals surface area contributed by atoms with E-state index in [2.05, 4.69) is 6.08 Å². The molecule has 2 aliphatic carbocycles. The molecule has 1 aliphatic heterocycles. The smallest absolute Gasteiger partial charge is 0.335 e. The number of amides is 2. The van der Waals surface area contributed by atoms with Crippen molar-refractivity contribution in [3.63, 3.8) is 0 Å². The second-order valence-corrected chi connectivity index (χ2v) is 6.34. The van der Waals surface area contributed by atoms with Gasteiger partial charge in [-0.05, 0) is 43.4 Å². The highest BCUT2D eigenvalue weighted by molar-refractivity contribution is 6.23. The molecule has 3 aliphatic rings. The first kappa shape index (κ1) is 13.2. The summed E-state index contributed by atoms with van der Waals surface area (Å²) in [5.74, 6) is -1.66. The van der Waals surface area contributed by atoms with Gasteiger partial charge in [-0.1, -0.05) is 17.7 Å². The van der Waals surface area contributed by atoms with Gasteiger partial charge in [0.2, 0.25) is 11.8 Å². The number of allylic oxidation sites excluding steroid dienone is 2. The van der Waals surface area contributed by atoms with E-state index < -0.39 is 5.97 Å². The Kier molecular flexibility index (Phi) is 2.58. The monoisotopic (exact) mass is 297 g/mol. The predicted molar refractivity (Wildman–Crippen MR) is 78.2 cm³/mol. The number of carboxylic acids is 1. The molecule has 22 heavy (non-hydrogen) atoms. The Morgan fingerprint density at radius 3 is 2.68 bits per heavy atom. The maximum atomic E-state index is 12.7. The zero-order valence-corrected chi connectivity index (χ0v) is 12.0. The van der Waals surface area contributed by atoms with Gasteiger partial charge in [-0.25, -0.2) is 9.69 Å². The van der Waals surface area contributed by atoms with Crippen LogP contribution in [0.2, 0.25) is 0 Å². The molecule has 1 aromatic carbocycles. The molecule has 4 rings (SSSR count). The third-order valence-electron chi connectivity index (χ3n) is 5.23. The fourth-order valence-electron chi connectivity index (χ4n) is 4.31. The van der Waals surface area contributed by atoms with Crippen LogP contribution in [-0.4, -0.2) is 22.9 Å². The highest BCUT2D eigenvalue weighted by Gasteiger charge is 2.60. The number of hydrogen-bond donors (Lipinski definition) is 1. The van der Waals surface area contributed by atoms with E-state index in [1.807, 2.05) is 6.92 Å². The van der Waals surface area contributed by atoms with Gasteiger partial charge in [-0.2, -0.15) is 0 Å². The summed E-state index contributed by atoms with van der Waals surface area (Å²) in [6.07, 6.45) is 3.01. The average Bonchev–Trinajstić information content (AvgIpc) is 3.10. The van der Waals surface area contributed by atoms with Gasteiger partial charge < -0.3 is 5.11 Å². The van der Waals surface area contributed by atoms with Crippen LogP contribution in [-0.2, 0) is 9.59 Å². The van der Waals surface area contributed by atoms with Gasteiger partial charge in [0.05, 0.1) is 23.1 Å². The second kappa shape index (κ2) is 4.29. The van der Waals surface area contributed by atoms with Crippen LogP contribution < -0.4 is 4.90 Å². The van der Waals surface area contributed by atoms with E-state index in [-0.39, 0.29) is 41.0 Å². The number of anilines is 1. The van der Waals surface area contributed by atoms with Crippen molar-refractivity contribution in [3.8, 4) is 0 Å². The van der Waals surface area contributed by atoms with Crippen LogP contribution in [0, 0.1) is 23.7 Å². The number of carboxylic acid groups (broad SMARTS) is 1. The van der Waals surface area contributed by atoms with Gasteiger partial charge in [0.1, 0.15) is 0 Å². The first-order valence-electron chi connectivity index (χ1n) is 7.38. The fourth-order valence-corrected chi connectivity index (χ4v) is 4.31. The summed E-state index contributed by atoms with van der Waals surface area (Å²) in [6.45, 7) is 2.02. The molecule has 5 nitrogen and oxygen atoms in total. The first-order valence-corrected chi connectivity index (χ1v) is 7.38. The lowest BCUT2D eigenvalue weighted by atomic mass is 9.82. The van der Waals surface area contributed by atoms with Crippen molar-refractivity contribution >= 4 is 23.5 Å². The molecule has 4 atom stereocenters. The average molecular weight is 297 g/mol. The van der Waals surface area contributed by atoms with Crippen molar-refractivity contribution in [2.24, 2.45) is 23.7 Å². The molecule has 2 amide bonds. The lowest BCUT2D eigenvalue weighted by Gasteiger charge is -2.19. The number of rotatable bonds is 2. The molecular weight excluding hydrogens is 282 g/mol. The number of carbonyl (C=O) groups excluding carboxylic acids is 2. The van der Waals surface area contributed by atoms with Gasteiger partial charge in [0.25, 0.3) is 0 Å². The SMILES string of the molecule is CC1=C[C@H]2C[C@H]1[C@@H]1C(=O)N(c3cccc(C(=O)O)c3)C(=O)[C@@H]12. The van der Waals surface area contributed by atoms with E-state index in [0.717, 1.165) is 6.42 Å². The minimum atomic E-state index is -1.07. The number of benzene rings is 1. The normalized spacial score (nSPS) is 32.4. The standard InChI is InChI=1S/C17H15NO4/c1-8-5-10-7-12(8)14-13(10)15(19)18(16(14)20)11-4-2-3-9(6-11)17(21)22/h2-6,10,12-14H,7H2,1H3,(H,21,22)/t10-,12+,13+,14-/m0/s1. The van der Waals surface area contributed by atoms with Crippen LogP contribution in [0.15, 0.2) is 35.9 Å². The lowest BCUT2D eigenvalue weighted by molar-refractivity contribution is -0.123. The summed E-state index contributed by atoms with van der Waals surface area (Å²) in [6, 6.07) is 6.02. The molecule has 0 spiro atoms. The van der Waals surface area contributed by atoms with Crippen LogP contribution in [0.25, 0.3) is 0 Å². The topological polar surface area (TPSA) is 74.7 Å². The van der Waals surface area contributed by atoms with Crippen molar-refractivity contribution in [1.82, 2.24) is 0 Å². The van der Waals surface area contributed by atoms with Crippen molar-refractivity contribution in [3.05, 3.63) is 41.5 Å². The fraction of sp³-hybridized carbons (Fsp3) is 0.353. The van der Waals surface area contributed by atoms with Crippen LogP contribution in [0.5, 0.6) is 0 Å². The summed E-state index contributed by atoms with van der Waals surface area (Å²) in [5, 5.41) is 9.08. The number of carbonyl (C=O) groups is 3. The molecule has 0 unspecified atom stereocenters. The molecule has 1 N–H and O–H groups in total. The van der Waals surface area contributed by atoms with Crippen molar-refractivity contribution in [2.75, 3.05) is 4.90 Å². The zero-order valence-electron chi connectivity index (χ0n) is 12.0. The maximum Gasteiger partial charge on any atom is 0.335 e. The number of fused-ring (bicyclic) bond motifs is 5. The van der Waals surface area contributed by atoms with Crippen LogP contribution >= 0.6 is 0 Å². The Labute approximate surface area is 127 Å². The predicted octanol–water partition coefficient (Wildman–Crippen LogP) is 2.09. The summed E-state index contributed by atoms with van der Waals surface area (Å²) < 4.78 is 0. The Hall–Kier alpha value is -2.43. The van der Waals surface area contributed by atoms with E-state index in [0.29, 0.717) is 5.69 Å². The zero-order chi connectivity index (χ0) is 15.6. The van der Waals surface area contributed by atoms with Gasteiger partial charge in [-0.15, -0.1) is 0 Å². The number of aromatic carboxylic acids is 1. The molecular formula is C17H15NO4. The summed E-state index contributed by atoms with van der Waals surface area (Å²) >= 11 is 0. The third-order valence-corrected chi connectivity index (χ3v) is 5.23. The molecule has 1 aromatic rings. The van der Waals surface area contributed by atoms with Gasteiger partial charge in [0, 0.05) is 0 Å². The lowest BCUT2D eigenvalue weighted by Crippen LogP contribution is -2.33. The molecule has 1 saturated carbocycles. The Morgan fingerprint density at radius 1 is 1.23 bits per heavy atom. The summed E-state index contributed by atoms with van der Waals surface area (Å²) in [4.78, 5) is 37.7. The van der Waals surface area contributed by atoms with Crippen molar-refractivity contribution in [1.29, 1.82) is 0 Å². The van der Waals surface area contributed by atoms with Crippen LogP contribution in [0.4, 0.5) is 5.69 Å². The Balaban J connectivity index is 1.74. The third kappa shape index (κ3) is 1.56. The minimum absolute atomic E-state index is 0.0763. The first-order chi connectivity index (χ1) is 10.5. The molecule has 1 saturated heterocycles. The van der Waals surface area contributed by atoms with Gasteiger partial charge >= 0.3 is 5.97 Å². The molecule has 5 heteroatoms. The quantitative estimate of drug-likeness (QED) is 0.670. The molecule has 1 heterocycles. The highest BCUT2D eigenvalue weighted by Crippen LogP contribution is 2.55. The second-order valence-electron chi connectivity index (χ2n) is 6.34. The number of imide groups is 1. The van der Waals surface area contributed by atoms with Crippen LogP contribution in [0.1, 0.15) is 23.7 Å². The maximum absolute atomic E-state index is 12.7. The molecule has 2 bridgehead atoms.